The highest BCUT2D eigenvalue weighted by Crippen LogP contribution is 2.23. The predicted octanol–water partition coefficient (Wildman–Crippen LogP) is 3.51. The zero-order chi connectivity index (χ0) is 16.4. The van der Waals surface area contributed by atoms with Crippen LogP contribution in [0.5, 0.6) is 5.75 Å². The second kappa shape index (κ2) is 6.35. The lowest BCUT2D eigenvalue weighted by molar-refractivity contribution is 0.0568. The fourth-order valence-corrected chi connectivity index (χ4v) is 3.03. The summed E-state index contributed by atoms with van der Waals surface area (Å²) < 4.78 is 11.6. The maximum atomic E-state index is 12.6. The minimum absolute atomic E-state index is 0.0500. The molecule has 1 saturated heterocycles. The molecule has 0 saturated carbocycles. The Morgan fingerprint density at radius 1 is 1.17 bits per heavy atom. The van der Waals surface area contributed by atoms with Crippen LogP contribution in [0, 0.1) is 0 Å². The van der Waals surface area contributed by atoms with E-state index in [4.69, 9.17) is 9.15 Å². The number of rotatable bonds is 3. The van der Waals surface area contributed by atoms with Crippen LogP contribution in [0.15, 0.2) is 59.3 Å². The summed E-state index contributed by atoms with van der Waals surface area (Å²) in [5.41, 5.74) is 0.746. The van der Waals surface area contributed by atoms with Gasteiger partial charge in [0.2, 0.25) is 0 Å². The number of fused-ring (bicyclic) bond motifs is 1. The second-order valence-electron chi connectivity index (χ2n) is 5.95. The number of hydrogen-bond acceptors (Lipinski definition) is 4. The van der Waals surface area contributed by atoms with Crippen LogP contribution in [0.2, 0.25) is 0 Å². The van der Waals surface area contributed by atoms with E-state index < -0.39 is 0 Å². The normalized spacial score (nSPS) is 15.6. The number of furan rings is 1. The van der Waals surface area contributed by atoms with E-state index in [-0.39, 0.29) is 12.0 Å². The molecule has 0 atom stereocenters. The largest absolute Gasteiger partial charge is 0.489 e. The summed E-state index contributed by atoms with van der Waals surface area (Å²) >= 11 is 0. The lowest BCUT2D eigenvalue weighted by Gasteiger charge is -2.31. The van der Waals surface area contributed by atoms with E-state index in [1.165, 1.54) is 0 Å². The number of carbonyl (C=O) groups excluding carboxylic acids is 1. The SMILES string of the molecule is O=C(c1cc2ccccc2o1)N1CCC(Oc2cccnc2)CC1. The van der Waals surface area contributed by atoms with Crippen LogP contribution in [0.25, 0.3) is 11.0 Å². The van der Waals surface area contributed by atoms with Crippen molar-refractivity contribution >= 4 is 16.9 Å². The molecule has 5 nitrogen and oxygen atoms in total. The smallest absolute Gasteiger partial charge is 0.289 e. The Balaban J connectivity index is 1.39. The molecule has 4 rings (SSSR count). The molecule has 0 bridgehead atoms. The third-order valence-electron chi connectivity index (χ3n) is 4.30. The number of pyridine rings is 1. The van der Waals surface area contributed by atoms with Gasteiger partial charge in [0, 0.05) is 37.5 Å². The van der Waals surface area contributed by atoms with Crippen LogP contribution in [0.4, 0.5) is 0 Å². The van der Waals surface area contributed by atoms with Gasteiger partial charge in [-0.2, -0.15) is 0 Å². The number of para-hydroxylation sites is 1. The standard InChI is InChI=1S/C19H18N2O3/c22-19(18-12-14-4-1-2-6-17(14)24-18)21-10-7-15(8-11-21)23-16-5-3-9-20-13-16/h1-6,9,12-13,15H,7-8,10-11H2. The molecule has 0 radical (unpaired) electrons. The van der Waals surface area contributed by atoms with E-state index in [1.807, 2.05) is 47.4 Å². The first-order chi connectivity index (χ1) is 11.8. The van der Waals surface area contributed by atoms with Crippen molar-refractivity contribution in [2.45, 2.75) is 18.9 Å². The van der Waals surface area contributed by atoms with Crippen LogP contribution in [-0.4, -0.2) is 35.0 Å². The number of piperidine rings is 1. The van der Waals surface area contributed by atoms with Gasteiger partial charge in [-0.05, 0) is 24.3 Å². The Hall–Kier alpha value is -2.82. The van der Waals surface area contributed by atoms with Gasteiger partial charge in [0.1, 0.15) is 17.4 Å². The van der Waals surface area contributed by atoms with Crippen LogP contribution < -0.4 is 4.74 Å². The topological polar surface area (TPSA) is 55.6 Å². The summed E-state index contributed by atoms with van der Waals surface area (Å²) in [5.74, 6) is 1.13. The molecule has 2 aromatic heterocycles. The van der Waals surface area contributed by atoms with Gasteiger partial charge in [0.15, 0.2) is 5.76 Å². The molecule has 0 N–H and O–H groups in total. The summed E-state index contributed by atoms with van der Waals surface area (Å²) in [4.78, 5) is 18.5. The summed E-state index contributed by atoms with van der Waals surface area (Å²) in [6.07, 6.45) is 5.17. The van der Waals surface area contributed by atoms with E-state index in [2.05, 4.69) is 4.98 Å². The van der Waals surface area contributed by atoms with Crippen molar-refractivity contribution in [3.8, 4) is 5.75 Å². The van der Waals surface area contributed by atoms with Crippen LogP contribution in [-0.2, 0) is 0 Å². The van der Waals surface area contributed by atoms with Crippen LogP contribution >= 0.6 is 0 Å². The van der Waals surface area contributed by atoms with Gasteiger partial charge in [-0.1, -0.05) is 18.2 Å². The van der Waals surface area contributed by atoms with Crippen molar-refractivity contribution in [3.05, 3.63) is 60.6 Å². The summed E-state index contributed by atoms with van der Waals surface area (Å²) in [6.45, 7) is 1.33. The highest BCUT2D eigenvalue weighted by Gasteiger charge is 2.26. The second-order valence-corrected chi connectivity index (χ2v) is 5.95. The van der Waals surface area contributed by atoms with Crippen molar-refractivity contribution in [1.82, 2.24) is 9.88 Å². The average Bonchev–Trinajstić information content (AvgIpc) is 3.07. The maximum absolute atomic E-state index is 12.6. The molecule has 0 aliphatic carbocycles. The van der Waals surface area contributed by atoms with Gasteiger partial charge in [0.05, 0.1) is 6.20 Å². The molecule has 24 heavy (non-hydrogen) atoms. The fraction of sp³-hybridized carbons (Fsp3) is 0.263. The van der Waals surface area contributed by atoms with E-state index in [9.17, 15) is 4.79 Å². The number of aromatic nitrogens is 1. The molecule has 122 valence electrons. The molecule has 5 heteroatoms. The van der Waals surface area contributed by atoms with Gasteiger partial charge in [-0.3, -0.25) is 9.78 Å². The Kier molecular flexibility index (Phi) is 3.91. The first kappa shape index (κ1) is 14.8. The molecular weight excluding hydrogens is 304 g/mol. The number of carbonyl (C=O) groups is 1. The quantitative estimate of drug-likeness (QED) is 0.740. The van der Waals surface area contributed by atoms with E-state index in [0.29, 0.717) is 18.8 Å². The summed E-state index contributed by atoms with van der Waals surface area (Å²) in [7, 11) is 0. The average molecular weight is 322 g/mol. The van der Waals surface area contributed by atoms with Crippen molar-refractivity contribution in [1.29, 1.82) is 0 Å². The van der Waals surface area contributed by atoms with Crippen LogP contribution in [0.3, 0.4) is 0 Å². The monoisotopic (exact) mass is 322 g/mol. The lowest BCUT2D eigenvalue weighted by Crippen LogP contribution is -2.41. The fourth-order valence-electron chi connectivity index (χ4n) is 3.03. The van der Waals surface area contributed by atoms with Gasteiger partial charge in [-0.15, -0.1) is 0 Å². The Bertz CT molecular complexity index is 803. The molecule has 1 aromatic carbocycles. The summed E-state index contributed by atoms with van der Waals surface area (Å²) in [5, 5.41) is 0.954. The molecule has 1 fully saturated rings. The molecule has 1 amide bonds. The van der Waals surface area contributed by atoms with Crippen molar-refractivity contribution in [3.63, 3.8) is 0 Å². The van der Waals surface area contributed by atoms with Gasteiger partial charge in [-0.25, -0.2) is 0 Å². The maximum Gasteiger partial charge on any atom is 0.289 e. The molecule has 0 spiro atoms. The molecule has 3 heterocycles. The number of likely N-dealkylation sites (tertiary alicyclic amines) is 1. The number of amides is 1. The first-order valence-electron chi connectivity index (χ1n) is 8.14. The zero-order valence-electron chi connectivity index (χ0n) is 13.2. The number of ether oxygens (including phenoxy) is 1. The van der Waals surface area contributed by atoms with Gasteiger partial charge < -0.3 is 14.1 Å². The van der Waals surface area contributed by atoms with E-state index >= 15 is 0 Å². The van der Waals surface area contributed by atoms with Crippen molar-refractivity contribution < 1.29 is 13.9 Å². The highest BCUT2D eigenvalue weighted by atomic mass is 16.5. The lowest BCUT2D eigenvalue weighted by atomic mass is 10.1. The van der Waals surface area contributed by atoms with Crippen LogP contribution in [0.1, 0.15) is 23.4 Å². The summed E-state index contributed by atoms with van der Waals surface area (Å²) in [6, 6.07) is 13.2. The highest BCUT2D eigenvalue weighted by molar-refractivity contribution is 5.96. The van der Waals surface area contributed by atoms with Gasteiger partial charge >= 0.3 is 0 Å². The Morgan fingerprint density at radius 3 is 2.75 bits per heavy atom. The van der Waals surface area contributed by atoms with E-state index in [1.54, 1.807) is 12.4 Å². The minimum atomic E-state index is -0.0500. The molecular formula is C19H18N2O3. The molecule has 1 aliphatic heterocycles. The molecule has 3 aromatic rings. The number of nitrogens with zero attached hydrogens (tertiary/aromatic N) is 2. The number of benzene rings is 1. The minimum Gasteiger partial charge on any atom is -0.489 e. The predicted molar refractivity (Wildman–Crippen MR) is 90.0 cm³/mol. The van der Waals surface area contributed by atoms with Gasteiger partial charge in [0.25, 0.3) is 5.91 Å². The molecule has 0 unspecified atom stereocenters. The first-order valence-corrected chi connectivity index (χ1v) is 8.14. The molecule has 1 aliphatic rings. The van der Waals surface area contributed by atoms with Crippen molar-refractivity contribution in [2.24, 2.45) is 0 Å². The van der Waals surface area contributed by atoms with Crippen molar-refractivity contribution in [2.75, 3.05) is 13.1 Å². The van der Waals surface area contributed by atoms with E-state index in [0.717, 1.165) is 29.6 Å². The Morgan fingerprint density at radius 2 is 2.00 bits per heavy atom. The third-order valence-corrected chi connectivity index (χ3v) is 4.30. The zero-order valence-corrected chi connectivity index (χ0v) is 13.2. The Labute approximate surface area is 139 Å². The third kappa shape index (κ3) is 2.97. The number of hydrogen-bond donors (Lipinski definition) is 0.